The van der Waals surface area contributed by atoms with Gasteiger partial charge in [-0.3, -0.25) is 9.36 Å². The highest BCUT2D eigenvalue weighted by Crippen LogP contribution is 2.40. The summed E-state index contributed by atoms with van der Waals surface area (Å²) in [7, 11) is 1.67. The van der Waals surface area contributed by atoms with Crippen LogP contribution >= 0.6 is 11.8 Å². The second-order valence-electron chi connectivity index (χ2n) is 7.26. The first-order valence-electron chi connectivity index (χ1n) is 9.63. The van der Waals surface area contributed by atoms with Crippen molar-refractivity contribution in [3.05, 3.63) is 24.3 Å². The third-order valence-electron chi connectivity index (χ3n) is 5.33. The number of rotatable bonds is 5. The number of ether oxygens (including phenoxy) is 2. The topological polar surface area (TPSA) is 66.2 Å². The SMILES string of the molecule is COc1ccccc1-c1nnc(S[C@@H]2C[C@H](C)OC2=O)n1C1CCCCC1. The summed E-state index contributed by atoms with van der Waals surface area (Å²) in [4.78, 5) is 12.1. The molecule has 0 spiro atoms. The minimum atomic E-state index is -0.211. The van der Waals surface area contributed by atoms with Gasteiger partial charge in [-0.25, -0.2) is 0 Å². The Kier molecular flexibility index (Phi) is 5.38. The van der Waals surface area contributed by atoms with E-state index in [4.69, 9.17) is 9.47 Å². The Morgan fingerprint density at radius 2 is 1.96 bits per heavy atom. The first-order valence-corrected chi connectivity index (χ1v) is 10.5. The van der Waals surface area contributed by atoms with Gasteiger partial charge in [-0.15, -0.1) is 10.2 Å². The van der Waals surface area contributed by atoms with Crippen molar-refractivity contribution in [2.24, 2.45) is 0 Å². The molecule has 2 aliphatic rings. The Morgan fingerprint density at radius 1 is 1.19 bits per heavy atom. The molecular formula is C20H25N3O3S. The van der Waals surface area contributed by atoms with Gasteiger partial charge in [0, 0.05) is 12.5 Å². The summed E-state index contributed by atoms with van der Waals surface area (Å²) in [5.74, 6) is 1.46. The van der Waals surface area contributed by atoms with E-state index in [2.05, 4.69) is 14.8 Å². The molecule has 27 heavy (non-hydrogen) atoms. The lowest BCUT2D eigenvalue weighted by atomic mass is 9.95. The maximum absolute atomic E-state index is 12.1. The van der Waals surface area contributed by atoms with E-state index in [1.54, 1.807) is 7.11 Å². The van der Waals surface area contributed by atoms with Crippen LogP contribution in [0.4, 0.5) is 0 Å². The number of cyclic esters (lactones) is 1. The quantitative estimate of drug-likeness (QED) is 0.715. The highest BCUT2D eigenvalue weighted by Gasteiger charge is 2.35. The predicted molar refractivity (Wildman–Crippen MR) is 104 cm³/mol. The number of nitrogens with zero attached hydrogens (tertiary/aromatic N) is 3. The van der Waals surface area contributed by atoms with E-state index in [9.17, 15) is 4.79 Å². The van der Waals surface area contributed by atoms with Crippen molar-refractivity contribution in [3.8, 4) is 17.1 Å². The van der Waals surface area contributed by atoms with Gasteiger partial charge in [-0.1, -0.05) is 43.2 Å². The zero-order valence-corrected chi connectivity index (χ0v) is 16.6. The molecular weight excluding hydrogens is 362 g/mol. The molecule has 0 N–H and O–H groups in total. The van der Waals surface area contributed by atoms with Crippen LogP contribution in [0.1, 0.15) is 51.5 Å². The Balaban J connectivity index is 1.73. The Hall–Kier alpha value is -2.02. The maximum atomic E-state index is 12.1. The molecule has 1 aliphatic heterocycles. The van der Waals surface area contributed by atoms with Crippen LogP contribution in [0.3, 0.4) is 0 Å². The Labute approximate surface area is 163 Å². The van der Waals surface area contributed by atoms with Crippen molar-refractivity contribution in [1.29, 1.82) is 0 Å². The van der Waals surface area contributed by atoms with Gasteiger partial charge in [-0.2, -0.15) is 0 Å². The van der Waals surface area contributed by atoms with Gasteiger partial charge in [0.05, 0.1) is 12.7 Å². The van der Waals surface area contributed by atoms with Crippen molar-refractivity contribution in [3.63, 3.8) is 0 Å². The van der Waals surface area contributed by atoms with Crippen LogP contribution in [0.5, 0.6) is 5.75 Å². The van der Waals surface area contributed by atoms with Crippen LogP contribution in [0.2, 0.25) is 0 Å². The molecule has 0 radical (unpaired) electrons. The van der Waals surface area contributed by atoms with Crippen LogP contribution in [0.25, 0.3) is 11.4 Å². The van der Waals surface area contributed by atoms with Gasteiger partial charge in [-0.05, 0) is 31.9 Å². The monoisotopic (exact) mass is 387 g/mol. The third kappa shape index (κ3) is 3.70. The largest absolute Gasteiger partial charge is 0.496 e. The van der Waals surface area contributed by atoms with Crippen LogP contribution < -0.4 is 4.74 Å². The molecule has 144 valence electrons. The molecule has 2 fully saturated rings. The molecule has 1 aromatic carbocycles. The lowest BCUT2D eigenvalue weighted by molar-refractivity contribution is -0.140. The van der Waals surface area contributed by atoms with Gasteiger partial charge in [0.2, 0.25) is 0 Å². The molecule has 2 atom stereocenters. The van der Waals surface area contributed by atoms with Gasteiger partial charge in [0.25, 0.3) is 0 Å². The smallest absolute Gasteiger partial charge is 0.319 e. The lowest BCUT2D eigenvalue weighted by Gasteiger charge is -2.26. The first kappa shape index (κ1) is 18.3. The van der Waals surface area contributed by atoms with Crippen molar-refractivity contribution < 1.29 is 14.3 Å². The second-order valence-corrected chi connectivity index (χ2v) is 8.43. The third-order valence-corrected chi connectivity index (χ3v) is 6.48. The lowest BCUT2D eigenvalue weighted by Crippen LogP contribution is -2.17. The minimum Gasteiger partial charge on any atom is -0.496 e. The Morgan fingerprint density at radius 3 is 2.67 bits per heavy atom. The van der Waals surface area contributed by atoms with E-state index in [0.717, 1.165) is 35.1 Å². The number of methoxy groups -OCH3 is 1. The number of esters is 1. The Bertz CT molecular complexity index is 817. The highest BCUT2D eigenvalue weighted by molar-refractivity contribution is 8.00. The van der Waals surface area contributed by atoms with E-state index in [0.29, 0.717) is 12.5 Å². The fourth-order valence-corrected chi connectivity index (χ4v) is 5.19. The van der Waals surface area contributed by atoms with Gasteiger partial charge >= 0.3 is 5.97 Å². The fraction of sp³-hybridized carbons (Fsp3) is 0.550. The summed E-state index contributed by atoms with van der Waals surface area (Å²) >= 11 is 1.49. The molecule has 7 heteroatoms. The van der Waals surface area contributed by atoms with E-state index >= 15 is 0 Å². The number of para-hydroxylation sites is 1. The van der Waals surface area contributed by atoms with Gasteiger partial charge < -0.3 is 9.47 Å². The zero-order chi connectivity index (χ0) is 18.8. The first-order chi connectivity index (χ1) is 13.2. The second kappa shape index (κ2) is 7.92. The molecule has 2 heterocycles. The summed E-state index contributed by atoms with van der Waals surface area (Å²) in [6, 6.07) is 8.25. The number of hydrogen-bond donors (Lipinski definition) is 0. The zero-order valence-electron chi connectivity index (χ0n) is 15.8. The molecule has 4 rings (SSSR count). The van der Waals surface area contributed by atoms with E-state index in [-0.39, 0.29) is 17.3 Å². The summed E-state index contributed by atoms with van der Waals surface area (Å²) in [6.45, 7) is 1.94. The molecule has 0 amide bonds. The van der Waals surface area contributed by atoms with Crippen molar-refractivity contribution in [2.75, 3.05) is 7.11 Å². The van der Waals surface area contributed by atoms with Crippen LogP contribution in [-0.2, 0) is 9.53 Å². The highest BCUT2D eigenvalue weighted by atomic mass is 32.2. The summed E-state index contributed by atoms with van der Waals surface area (Å²) in [6.07, 6.45) is 6.60. The number of carbonyl (C=O) groups excluding carboxylic acids is 1. The number of thioether (sulfide) groups is 1. The van der Waals surface area contributed by atoms with Crippen molar-refractivity contribution >= 4 is 17.7 Å². The number of hydrogen-bond acceptors (Lipinski definition) is 6. The summed E-state index contributed by atoms with van der Waals surface area (Å²) < 4.78 is 13.1. The predicted octanol–water partition coefficient (Wildman–Crippen LogP) is 4.26. The molecule has 0 unspecified atom stereocenters. The molecule has 6 nitrogen and oxygen atoms in total. The van der Waals surface area contributed by atoms with Crippen LogP contribution in [0, 0.1) is 0 Å². The number of aromatic nitrogens is 3. The standard InChI is InChI=1S/C20H25N3O3S/c1-13-12-17(19(24)26-13)27-20-22-21-18(15-10-6-7-11-16(15)25-2)23(20)14-8-4-3-5-9-14/h6-7,10-11,13-14,17H,3-5,8-9,12H2,1-2H3/t13-,17+/m0/s1. The summed E-state index contributed by atoms with van der Waals surface area (Å²) in [5.41, 5.74) is 0.937. The van der Waals surface area contributed by atoms with Crippen LogP contribution in [-0.4, -0.2) is 39.2 Å². The fourth-order valence-electron chi connectivity index (χ4n) is 3.98. The van der Waals surface area contributed by atoms with E-state index in [1.165, 1.54) is 31.0 Å². The van der Waals surface area contributed by atoms with Crippen molar-refractivity contribution in [1.82, 2.24) is 14.8 Å². The van der Waals surface area contributed by atoms with Crippen molar-refractivity contribution in [2.45, 2.75) is 68.0 Å². The summed E-state index contributed by atoms with van der Waals surface area (Å²) in [5, 5.41) is 9.59. The van der Waals surface area contributed by atoms with E-state index in [1.807, 2.05) is 31.2 Å². The maximum Gasteiger partial charge on any atom is 0.319 e. The van der Waals surface area contributed by atoms with E-state index < -0.39 is 0 Å². The van der Waals surface area contributed by atoms with Gasteiger partial charge in [0.15, 0.2) is 11.0 Å². The number of carbonyl (C=O) groups is 1. The van der Waals surface area contributed by atoms with Crippen LogP contribution in [0.15, 0.2) is 29.4 Å². The van der Waals surface area contributed by atoms with Gasteiger partial charge in [0.1, 0.15) is 17.1 Å². The average Bonchev–Trinajstić information content (AvgIpc) is 3.25. The molecule has 1 saturated carbocycles. The minimum absolute atomic E-state index is 0.0326. The molecule has 1 aliphatic carbocycles. The molecule has 1 aromatic heterocycles. The average molecular weight is 388 g/mol. The molecule has 1 saturated heterocycles. The molecule has 0 bridgehead atoms. The number of benzene rings is 1. The molecule has 2 aromatic rings. The normalized spacial score (nSPS) is 23.4.